The second kappa shape index (κ2) is 9.22. The average Bonchev–Trinajstić information content (AvgIpc) is 3.22. The van der Waals surface area contributed by atoms with Crippen LogP contribution in [0.4, 0.5) is 13.2 Å². The maximum Gasteiger partial charge on any atom is 0.416 e. The molecule has 0 spiro atoms. The van der Waals surface area contributed by atoms with Crippen molar-refractivity contribution in [2.75, 3.05) is 13.1 Å². The van der Waals surface area contributed by atoms with Gasteiger partial charge in [0, 0.05) is 42.7 Å². The Kier molecular flexibility index (Phi) is 6.41. The highest BCUT2D eigenvalue weighted by atomic mass is 19.4. The van der Waals surface area contributed by atoms with Crippen molar-refractivity contribution >= 4 is 0 Å². The summed E-state index contributed by atoms with van der Waals surface area (Å²) in [6.07, 6.45) is 4.36. The molecule has 4 rings (SSSR count). The standard InChI is InChI=1S/C24H27F3N4/c1-2-31-17-20(15-29-31)16-30-11-9-21(10-12-30)23-8-5-19(14-28-23)13-18-3-6-22(7-4-18)24(25,26)27/h3-8,14-15,17,21H,2,9-13,16H2,1H3. The van der Waals surface area contributed by atoms with Crippen molar-refractivity contribution in [2.24, 2.45) is 0 Å². The Morgan fingerprint density at radius 2 is 1.65 bits per heavy atom. The van der Waals surface area contributed by atoms with Gasteiger partial charge in [-0.1, -0.05) is 18.2 Å². The number of hydrogen-bond acceptors (Lipinski definition) is 3. The second-order valence-corrected chi connectivity index (χ2v) is 8.22. The number of rotatable bonds is 6. The Hall–Kier alpha value is -2.67. The van der Waals surface area contributed by atoms with E-state index >= 15 is 0 Å². The Morgan fingerprint density at radius 1 is 0.935 bits per heavy atom. The first-order valence-corrected chi connectivity index (χ1v) is 10.8. The molecule has 1 saturated heterocycles. The fourth-order valence-electron chi connectivity index (χ4n) is 4.14. The molecule has 0 aliphatic carbocycles. The molecular weight excluding hydrogens is 401 g/mol. The monoisotopic (exact) mass is 428 g/mol. The molecule has 0 radical (unpaired) electrons. The third-order valence-electron chi connectivity index (χ3n) is 5.96. The van der Waals surface area contributed by atoms with Gasteiger partial charge in [-0.3, -0.25) is 14.6 Å². The quantitative estimate of drug-likeness (QED) is 0.535. The van der Waals surface area contributed by atoms with E-state index in [1.165, 1.54) is 17.7 Å². The van der Waals surface area contributed by atoms with E-state index in [1.807, 2.05) is 23.1 Å². The van der Waals surface area contributed by atoms with Crippen molar-refractivity contribution in [3.05, 3.63) is 82.9 Å². The molecule has 3 aromatic rings. The van der Waals surface area contributed by atoms with Gasteiger partial charge in [-0.25, -0.2) is 0 Å². The second-order valence-electron chi connectivity index (χ2n) is 8.22. The highest BCUT2D eigenvalue weighted by molar-refractivity contribution is 5.29. The van der Waals surface area contributed by atoms with Crippen LogP contribution in [0.1, 0.15) is 53.6 Å². The lowest BCUT2D eigenvalue weighted by atomic mass is 9.92. The Balaban J connectivity index is 1.29. The molecule has 0 amide bonds. The molecule has 0 unspecified atom stereocenters. The molecule has 1 aliphatic heterocycles. The molecule has 31 heavy (non-hydrogen) atoms. The first kappa shape index (κ1) is 21.6. The van der Waals surface area contributed by atoms with Gasteiger partial charge in [0.05, 0.1) is 11.8 Å². The molecule has 1 fully saturated rings. The van der Waals surface area contributed by atoms with Gasteiger partial charge in [0.2, 0.25) is 0 Å². The van der Waals surface area contributed by atoms with Crippen molar-refractivity contribution in [1.82, 2.24) is 19.7 Å². The van der Waals surface area contributed by atoms with Crippen LogP contribution in [0.3, 0.4) is 0 Å². The van der Waals surface area contributed by atoms with Crippen LogP contribution in [0.25, 0.3) is 0 Å². The number of pyridine rings is 1. The van der Waals surface area contributed by atoms with E-state index in [-0.39, 0.29) is 0 Å². The summed E-state index contributed by atoms with van der Waals surface area (Å²) in [6, 6.07) is 9.47. The average molecular weight is 429 g/mol. The number of aryl methyl sites for hydroxylation is 1. The van der Waals surface area contributed by atoms with E-state index in [9.17, 15) is 13.2 Å². The molecule has 3 heterocycles. The molecule has 4 nitrogen and oxygen atoms in total. The number of aromatic nitrogens is 3. The molecular formula is C24H27F3N4. The maximum absolute atomic E-state index is 12.7. The van der Waals surface area contributed by atoms with Gasteiger partial charge in [-0.2, -0.15) is 18.3 Å². The lowest BCUT2D eigenvalue weighted by Gasteiger charge is -2.31. The molecule has 0 saturated carbocycles. The summed E-state index contributed by atoms with van der Waals surface area (Å²) in [7, 11) is 0. The lowest BCUT2D eigenvalue weighted by Crippen LogP contribution is -2.32. The zero-order chi connectivity index (χ0) is 21.8. The van der Waals surface area contributed by atoms with Gasteiger partial charge in [0.25, 0.3) is 0 Å². The van der Waals surface area contributed by atoms with E-state index in [1.54, 1.807) is 0 Å². The fourth-order valence-corrected chi connectivity index (χ4v) is 4.14. The number of hydrogen-bond donors (Lipinski definition) is 0. The van der Waals surface area contributed by atoms with Gasteiger partial charge in [0.1, 0.15) is 0 Å². The van der Waals surface area contributed by atoms with Crippen LogP contribution >= 0.6 is 0 Å². The topological polar surface area (TPSA) is 34.0 Å². The number of piperidine rings is 1. The van der Waals surface area contributed by atoms with Crippen LogP contribution < -0.4 is 0 Å². The van der Waals surface area contributed by atoms with E-state index in [0.29, 0.717) is 12.3 Å². The van der Waals surface area contributed by atoms with Gasteiger partial charge >= 0.3 is 6.18 Å². The van der Waals surface area contributed by atoms with Gasteiger partial charge in [0.15, 0.2) is 0 Å². The van der Waals surface area contributed by atoms with Crippen LogP contribution in [0.15, 0.2) is 55.0 Å². The molecule has 2 aromatic heterocycles. The van der Waals surface area contributed by atoms with Gasteiger partial charge < -0.3 is 0 Å². The van der Waals surface area contributed by atoms with Crippen LogP contribution in [0, 0.1) is 0 Å². The number of benzene rings is 1. The van der Waals surface area contributed by atoms with E-state index in [0.717, 1.165) is 68.0 Å². The summed E-state index contributed by atoms with van der Waals surface area (Å²) in [5.74, 6) is 0.453. The SMILES string of the molecule is CCn1cc(CN2CCC(c3ccc(Cc4ccc(C(F)(F)F)cc4)cn3)CC2)cn1. The Labute approximate surface area is 180 Å². The summed E-state index contributed by atoms with van der Waals surface area (Å²) >= 11 is 0. The molecule has 1 aromatic carbocycles. The van der Waals surface area contributed by atoms with Crippen molar-refractivity contribution in [3.63, 3.8) is 0 Å². The molecule has 1 aliphatic rings. The predicted molar refractivity (Wildman–Crippen MR) is 114 cm³/mol. The smallest absolute Gasteiger partial charge is 0.299 e. The largest absolute Gasteiger partial charge is 0.416 e. The van der Waals surface area contributed by atoms with Crippen molar-refractivity contribution in [1.29, 1.82) is 0 Å². The third-order valence-corrected chi connectivity index (χ3v) is 5.96. The van der Waals surface area contributed by atoms with E-state index in [2.05, 4.69) is 34.2 Å². The Bertz CT molecular complexity index is 969. The summed E-state index contributed by atoms with van der Waals surface area (Å²) in [6.45, 7) is 5.99. The minimum Gasteiger partial charge on any atom is -0.299 e. The molecule has 0 N–H and O–H groups in total. The maximum atomic E-state index is 12.7. The number of halogens is 3. The van der Waals surface area contributed by atoms with Crippen molar-refractivity contribution in [2.45, 2.75) is 51.4 Å². The predicted octanol–water partition coefficient (Wildman–Crippen LogP) is 5.29. The molecule has 0 atom stereocenters. The first-order chi connectivity index (χ1) is 14.9. The molecule has 0 bridgehead atoms. The number of nitrogens with zero attached hydrogens (tertiary/aromatic N) is 4. The van der Waals surface area contributed by atoms with Gasteiger partial charge in [-0.15, -0.1) is 0 Å². The van der Waals surface area contributed by atoms with Crippen LogP contribution in [0.2, 0.25) is 0 Å². The minimum atomic E-state index is -4.30. The lowest BCUT2D eigenvalue weighted by molar-refractivity contribution is -0.137. The zero-order valence-corrected chi connectivity index (χ0v) is 17.6. The summed E-state index contributed by atoms with van der Waals surface area (Å²) < 4.78 is 40.1. The van der Waals surface area contributed by atoms with E-state index < -0.39 is 11.7 Å². The molecule has 164 valence electrons. The number of likely N-dealkylation sites (tertiary alicyclic amines) is 1. The number of alkyl halides is 3. The minimum absolute atomic E-state index is 0.453. The van der Waals surface area contributed by atoms with E-state index in [4.69, 9.17) is 0 Å². The summed E-state index contributed by atoms with van der Waals surface area (Å²) in [4.78, 5) is 7.13. The zero-order valence-electron chi connectivity index (χ0n) is 17.6. The highest BCUT2D eigenvalue weighted by Gasteiger charge is 2.30. The summed E-state index contributed by atoms with van der Waals surface area (Å²) in [5.41, 5.74) is 3.60. The third kappa shape index (κ3) is 5.53. The normalized spacial score (nSPS) is 16.0. The van der Waals surface area contributed by atoms with Crippen molar-refractivity contribution < 1.29 is 13.2 Å². The van der Waals surface area contributed by atoms with Gasteiger partial charge in [-0.05, 0) is 68.6 Å². The van der Waals surface area contributed by atoms with Crippen LogP contribution in [-0.2, 0) is 25.7 Å². The summed E-state index contributed by atoms with van der Waals surface area (Å²) in [5, 5.41) is 4.35. The first-order valence-electron chi connectivity index (χ1n) is 10.8. The Morgan fingerprint density at radius 3 is 2.23 bits per heavy atom. The highest BCUT2D eigenvalue weighted by Crippen LogP contribution is 2.30. The van der Waals surface area contributed by atoms with Crippen LogP contribution in [-0.4, -0.2) is 32.8 Å². The fraction of sp³-hybridized carbons (Fsp3) is 0.417. The van der Waals surface area contributed by atoms with Crippen molar-refractivity contribution in [3.8, 4) is 0 Å². The van der Waals surface area contributed by atoms with Crippen LogP contribution in [0.5, 0.6) is 0 Å². The molecule has 7 heteroatoms.